The zero-order valence-electron chi connectivity index (χ0n) is 22.2. The van der Waals surface area contributed by atoms with E-state index in [1.807, 2.05) is 25.1 Å². The molecule has 7 rings (SSSR count). The van der Waals surface area contributed by atoms with Crippen molar-refractivity contribution in [2.24, 2.45) is 5.92 Å². The summed E-state index contributed by atoms with van der Waals surface area (Å²) in [6.45, 7) is 3.22. The Hall–Kier alpha value is -3.99. The number of aromatic nitrogens is 5. The summed E-state index contributed by atoms with van der Waals surface area (Å²) >= 11 is 3.34. The van der Waals surface area contributed by atoms with Gasteiger partial charge in [-0.1, -0.05) is 12.1 Å². The Bertz CT molecular complexity index is 1630. The molecule has 3 fully saturated rings. The van der Waals surface area contributed by atoms with Gasteiger partial charge in [-0.05, 0) is 84.3 Å². The number of aryl methyl sites for hydroxylation is 1. The van der Waals surface area contributed by atoms with Crippen LogP contribution < -0.4 is 5.32 Å². The van der Waals surface area contributed by atoms with Crippen LogP contribution in [0, 0.1) is 12.8 Å². The number of ketones is 1. The summed E-state index contributed by atoms with van der Waals surface area (Å²) in [4.78, 5) is 54.5. The summed E-state index contributed by atoms with van der Waals surface area (Å²) in [7, 11) is 0. The molecular weight excluding hydrogens is 574 g/mol. The maximum absolute atomic E-state index is 13.9. The van der Waals surface area contributed by atoms with E-state index in [0.717, 1.165) is 36.8 Å². The van der Waals surface area contributed by atoms with E-state index in [0.29, 0.717) is 32.8 Å². The lowest BCUT2D eigenvalue weighted by atomic mass is 9.74. The Labute approximate surface area is 239 Å². The van der Waals surface area contributed by atoms with Crippen LogP contribution in [0.4, 0.5) is 5.82 Å². The first-order valence-electron chi connectivity index (χ1n) is 13.3. The zero-order valence-corrected chi connectivity index (χ0v) is 23.8. The molecule has 3 aromatic heterocycles. The minimum Gasteiger partial charge on any atom is -0.326 e. The molecule has 2 aliphatic heterocycles. The zero-order chi connectivity index (χ0) is 28.0. The molecule has 5 heterocycles. The Morgan fingerprint density at radius 2 is 1.77 bits per heavy atom. The molecule has 2 amide bonds. The number of carbonyl (C=O) groups excluding carboxylic acids is 3. The van der Waals surface area contributed by atoms with Gasteiger partial charge in [0.1, 0.15) is 34.5 Å². The summed E-state index contributed by atoms with van der Waals surface area (Å²) in [6, 6.07) is 10.4. The van der Waals surface area contributed by atoms with Gasteiger partial charge in [-0.2, -0.15) is 5.10 Å². The molecule has 1 atom stereocenters. The van der Waals surface area contributed by atoms with E-state index in [1.165, 1.54) is 6.92 Å². The van der Waals surface area contributed by atoms with Gasteiger partial charge >= 0.3 is 0 Å². The van der Waals surface area contributed by atoms with Crippen LogP contribution in [-0.4, -0.2) is 59.3 Å². The van der Waals surface area contributed by atoms with Gasteiger partial charge in [-0.25, -0.2) is 15.0 Å². The SMILES string of the molecule is CC(=O)c1nn(CC(=O)N2C(C(=O)Nc3cccc(Br)n3)[C@H]3CC[C@H]2CC3)c2ccc(-c3cnc(C)nc3)cc12. The third-order valence-corrected chi connectivity index (χ3v) is 8.33. The number of Topliss-reactive ketones (excluding diaryl/α,β-unsaturated/α-hetero) is 1. The predicted molar refractivity (Wildman–Crippen MR) is 152 cm³/mol. The molecule has 0 radical (unpaired) electrons. The number of amides is 2. The number of fused-ring (bicyclic) bond motifs is 4. The summed E-state index contributed by atoms with van der Waals surface area (Å²) in [6.07, 6.45) is 7.04. The quantitative estimate of drug-likeness (QED) is 0.253. The molecule has 1 unspecified atom stereocenters. The molecular formula is C29H28BrN7O3. The highest BCUT2D eigenvalue weighted by Crippen LogP contribution is 2.40. The van der Waals surface area contributed by atoms with Gasteiger partial charge < -0.3 is 10.2 Å². The van der Waals surface area contributed by atoms with E-state index >= 15 is 0 Å². The lowest BCUT2D eigenvalue weighted by Crippen LogP contribution is -2.62. The van der Waals surface area contributed by atoms with Crippen LogP contribution in [0.3, 0.4) is 0 Å². The highest BCUT2D eigenvalue weighted by molar-refractivity contribution is 9.10. The van der Waals surface area contributed by atoms with Crippen molar-refractivity contribution in [1.29, 1.82) is 0 Å². The van der Waals surface area contributed by atoms with E-state index in [9.17, 15) is 14.4 Å². The molecule has 40 heavy (non-hydrogen) atoms. The normalized spacial score (nSPS) is 20.1. The number of halogens is 1. The van der Waals surface area contributed by atoms with E-state index in [4.69, 9.17) is 0 Å². The van der Waals surface area contributed by atoms with E-state index in [-0.39, 0.29) is 36.1 Å². The predicted octanol–water partition coefficient (Wildman–Crippen LogP) is 4.57. The molecule has 2 bridgehead atoms. The Kier molecular flexibility index (Phi) is 6.91. The van der Waals surface area contributed by atoms with Gasteiger partial charge in [-0.3, -0.25) is 19.1 Å². The lowest BCUT2D eigenvalue weighted by molar-refractivity contribution is -0.151. The summed E-state index contributed by atoms with van der Waals surface area (Å²) in [5.74, 6) is 0.589. The highest BCUT2D eigenvalue weighted by Gasteiger charge is 2.47. The third kappa shape index (κ3) is 4.90. The van der Waals surface area contributed by atoms with Crippen LogP contribution in [0.1, 0.15) is 48.9 Å². The van der Waals surface area contributed by atoms with Crippen molar-refractivity contribution < 1.29 is 14.4 Å². The average Bonchev–Trinajstić information content (AvgIpc) is 3.31. The first kappa shape index (κ1) is 26.2. The highest BCUT2D eigenvalue weighted by atomic mass is 79.9. The average molecular weight is 602 g/mol. The van der Waals surface area contributed by atoms with Crippen molar-refractivity contribution in [3.63, 3.8) is 0 Å². The number of benzene rings is 1. The van der Waals surface area contributed by atoms with Crippen LogP contribution in [0.15, 0.2) is 53.4 Å². The number of hydrogen-bond donors (Lipinski definition) is 1. The summed E-state index contributed by atoms with van der Waals surface area (Å²) in [5.41, 5.74) is 2.65. The smallest absolute Gasteiger partial charge is 0.248 e. The second-order valence-corrected chi connectivity index (χ2v) is 11.3. The second kappa shape index (κ2) is 10.5. The standard InChI is InChI=1S/C29H28BrN7O3/c1-16(38)27-22-12-19(20-13-31-17(2)32-14-20)8-11-23(22)36(35-27)15-26(39)37-21-9-6-18(7-10-21)28(37)29(40)34-25-5-3-4-24(30)33-25/h3-5,8,11-14,18,21,28H,6-7,9-10,15H2,1-2H3,(H,33,34,40)/t18-,21-,28?. The minimum absolute atomic E-state index is 0.00837. The molecule has 3 aliphatic rings. The van der Waals surface area contributed by atoms with Crippen molar-refractivity contribution in [2.45, 2.75) is 58.2 Å². The molecule has 0 spiro atoms. The van der Waals surface area contributed by atoms with Crippen molar-refractivity contribution in [1.82, 2.24) is 29.6 Å². The van der Waals surface area contributed by atoms with E-state index < -0.39 is 6.04 Å². The maximum Gasteiger partial charge on any atom is 0.248 e. The van der Waals surface area contributed by atoms with Crippen molar-refractivity contribution >= 4 is 50.2 Å². The van der Waals surface area contributed by atoms with Gasteiger partial charge in [0.05, 0.1) is 5.52 Å². The summed E-state index contributed by atoms with van der Waals surface area (Å²) in [5, 5.41) is 8.12. The van der Waals surface area contributed by atoms with Crippen molar-refractivity contribution in [2.75, 3.05) is 5.32 Å². The molecule has 1 aromatic carbocycles. The molecule has 204 valence electrons. The van der Waals surface area contributed by atoms with Crippen LogP contribution in [0.5, 0.6) is 0 Å². The van der Waals surface area contributed by atoms with Gasteiger partial charge in [0.25, 0.3) is 0 Å². The fraction of sp³-hybridized carbons (Fsp3) is 0.345. The first-order valence-corrected chi connectivity index (χ1v) is 14.1. The van der Waals surface area contributed by atoms with E-state index in [1.54, 1.807) is 40.2 Å². The van der Waals surface area contributed by atoms with Crippen LogP contribution in [0.25, 0.3) is 22.0 Å². The van der Waals surface area contributed by atoms with Gasteiger partial charge in [-0.15, -0.1) is 0 Å². The third-order valence-electron chi connectivity index (χ3n) is 7.89. The van der Waals surface area contributed by atoms with Crippen LogP contribution in [-0.2, 0) is 16.1 Å². The van der Waals surface area contributed by atoms with Crippen molar-refractivity contribution in [3.8, 4) is 11.1 Å². The minimum atomic E-state index is -0.581. The van der Waals surface area contributed by atoms with Crippen molar-refractivity contribution in [3.05, 3.63) is 64.9 Å². The van der Waals surface area contributed by atoms with Crippen LogP contribution in [0.2, 0.25) is 0 Å². The molecule has 10 nitrogen and oxygen atoms in total. The summed E-state index contributed by atoms with van der Waals surface area (Å²) < 4.78 is 2.20. The number of hydrogen-bond acceptors (Lipinski definition) is 7. The molecule has 1 saturated carbocycles. The largest absolute Gasteiger partial charge is 0.326 e. The second-order valence-electron chi connectivity index (χ2n) is 10.5. The number of nitrogens with one attached hydrogen (secondary N) is 1. The number of pyridine rings is 1. The number of rotatable bonds is 6. The monoisotopic (exact) mass is 601 g/mol. The molecule has 1 N–H and O–H groups in total. The van der Waals surface area contributed by atoms with Gasteiger partial charge in [0.15, 0.2) is 5.78 Å². The lowest BCUT2D eigenvalue weighted by Gasteiger charge is -2.50. The van der Waals surface area contributed by atoms with Crippen LogP contribution >= 0.6 is 15.9 Å². The fourth-order valence-electron chi connectivity index (χ4n) is 6.02. The molecule has 2 saturated heterocycles. The Morgan fingerprint density at radius 3 is 2.48 bits per heavy atom. The number of piperidine rings is 2. The first-order chi connectivity index (χ1) is 19.3. The number of carbonyl (C=O) groups is 3. The van der Waals surface area contributed by atoms with E-state index in [2.05, 4.69) is 41.3 Å². The van der Waals surface area contributed by atoms with Gasteiger partial charge in [0, 0.05) is 36.3 Å². The molecule has 4 aromatic rings. The Balaban J connectivity index is 1.30. The maximum atomic E-state index is 13.9. The fourth-order valence-corrected chi connectivity index (χ4v) is 6.36. The molecule has 1 aliphatic carbocycles. The number of anilines is 1. The Morgan fingerprint density at radius 1 is 1.02 bits per heavy atom. The molecule has 11 heteroatoms. The topological polar surface area (TPSA) is 123 Å². The number of nitrogens with zero attached hydrogens (tertiary/aromatic N) is 6. The van der Waals surface area contributed by atoms with Gasteiger partial charge in [0.2, 0.25) is 11.8 Å².